The molecule has 7 heteroatoms. The maximum atomic E-state index is 14.2. The number of phenolic OH excluding ortho intramolecular Hbond substituents is 1. The molecule has 0 bridgehead atoms. The van der Waals surface area contributed by atoms with Gasteiger partial charge in [0.15, 0.2) is 11.4 Å². The number of nitrogens with zero attached hydrogens (tertiary/aromatic N) is 3. The lowest BCUT2D eigenvalue weighted by Gasteiger charge is -2.09. The number of ketones is 1. The minimum atomic E-state index is -0.696. The van der Waals surface area contributed by atoms with Gasteiger partial charge in [-0.2, -0.15) is 10.4 Å². The van der Waals surface area contributed by atoms with E-state index in [1.54, 1.807) is 13.8 Å². The van der Waals surface area contributed by atoms with Gasteiger partial charge in [0, 0.05) is 18.1 Å². The summed E-state index contributed by atoms with van der Waals surface area (Å²) in [6.07, 6.45) is 0.285. The number of nitriles is 1. The monoisotopic (exact) mass is 324 g/mol. The number of aromatic amines is 1. The first-order chi connectivity index (χ1) is 11.5. The molecule has 1 aromatic carbocycles. The second kappa shape index (κ2) is 5.74. The molecule has 3 aromatic rings. The maximum Gasteiger partial charge on any atom is 0.182 e. The molecule has 0 aliphatic rings. The molecule has 0 fully saturated rings. The number of halogens is 1. The van der Waals surface area contributed by atoms with Gasteiger partial charge in [-0.25, -0.2) is 9.37 Å². The van der Waals surface area contributed by atoms with Crippen LogP contribution in [-0.4, -0.2) is 26.1 Å². The highest BCUT2D eigenvalue weighted by atomic mass is 19.1. The van der Waals surface area contributed by atoms with E-state index < -0.39 is 5.82 Å². The minimum Gasteiger partial charge on any atom is -0.508 e. The Bertz CT molecular complexity index is 1020. The van der Waals surface area contributed by atoms with Crippen LogP contribution in [0.5, 0.6) is 5.75 Å². The molecule has 6 nitrogen and oxygen atoms in total. The van der Waals surface area contributed by atoms with Crippen molar-refractivity contribution >= 4 is 16.8 Å². The number of rotatable bonds is 3. The van der Waals surface area contributed by atoms with Crippen LogP contribution in [0.1, 0.15) is 35.0 Å². The number of aromatic nitrogens is 3. The van der Waals surface area contributed by atoms with Crippen LogP contribution in [-0.2, 0) is 0 Å². The highest BCUT2D eigenvalue weighted by molar-refractivity contribution is 6.07. The Labute approximate surface area is 136 Å². The molecule has 2 N–H and O–H groups in total. The van der Waals surface area contributed by atoms with Crippen molar-refractivity contribution in [2.75, 3.05) is 0 Å². The Kier molecular flexibility index (Phi) is 3.73. The zero-order valence-electron chi connectivity index (χ0n) is 13.0. The normalized spacial score (nSPS) is 10.8. The van der Waals surface area contributed by atoms with Crippen molar-refractivity contribution in [3.8, 4) is 23.1 Å². The first-order valence-electron chi connectivity index (χ1n) is 7.28. The third kappa shape index (κ3) is 2.29. The van der Waals surface area contributed by atoms with Crippen molar-refractivity contribution in [2.24, 2.45) is 0 Å². The quantitative estimate of drug-likeness (QED) is 0.720. The van der Waals surface area contributed by atoms with E-state index in [2.05, 4.69) is 15.2 Å². The Balaban J connectivity index is 2.35. The van der Waals surface area contributed by atoms with Gasteiger partial charge in [-0.05, 0) is 24.6 Å². The first kappa shape index (κ1) is 15.6. The van der Waals surface area contributed by atoms with Crippen LogP contribution in [0, 0.1) is 24.1 Å². The number of Topliss-reactive ketones (excluding diaryl/α,β-unsaturated/α-hetero) is 1. The van der Waals surface area contributed by atoms with Gasteiger partial charge in [0.05, 0.1) is 16.6 Å². The molecule has 0 saturated heterocycles. The van der Waals surface area contributed by atoms with Crippen molar-refractivity contribution in [3.05, 3.63) is 40.8 Å². The summed E-state index contributed by atoms with van der Waals surface area (Å²) in [4.78, 5) is 16.3. The summed E-state index contributed by atoms with van der Waals surface area (Å²) in [6.45, 7) is 3.40. The van der Waals surface area contributed by atoms with Gasteiger partial charge < -0.3 is 5.11 Å². The lowest BCUT2D eigenvalue weighted by molar-refractivity contribution is 0.0985. The van der Waals surface area contributed by atoms with Gasteiger partial charge >= 0.3 is 0 Å². The molecule has 0 radical (unpaired) electrons. The number of H-pyrrole nitrogens is 1. The molecule has 0 spiro atoms. The smallest absolute Gasteiger partial charge is 0.182 e. The van der Waals surface area contributed by atoms with Crippen molar-refractivity contribution < 1.29 is 14.3 Å². The summed E-state index contributed by atoms with van der Waals surface area (Å²) < 4.78 is 14.2. The van der Waals surface area contributed by atoms with Gasteiger partial charge in [0.1, 0.15) is 23.3 Å². The van der Waals surface area contributed by atoms with E-state index in [0.717, 1.165) is 6.07 Å². The fourth-order valence-corrected chi connectivity index (χ4v) is 2.64. The number of fused-ring (bicyclic) bond motifs is 1. The van der Waals surface area contributed by atoms with Crippen molar-refractivity contribution in [1.82, 2.24) is 15.2 Å². The number of pyridine rings is 1. The van der Waals surface area contributed by atoms with Crippen molar-refractivity contribution in [1.29, 1.82) is 5.26 Å². The molecule has 24 heavy (non-hydrogen) atoms. The molecular formula is C17H13FN4O2. The summed E-state index contributed by atoms with van der Waals surface area (Å²) in [5, 5.41) is 26.0. The number of aryl methyl sites for hydroxylation is 1. The zero-order chi connectivity index (χ0) is 17.4. The number of benzene rings is 1. The van der Waals surface area contributed by atoms with E-state index in [0.29, 0.717) is 16.6 Å². The molecule has 120 valence electrons. The number of hydrogen-bond donors (Lipinski definition) is 2. The topological polar surface area (TPSA) is 103 Å². The molecule has 0 aliphatic carbocycles. The predicted octanol–water partition coefficient (Wildman–Crippen LogP) is 3.24. The van der Waals surface area contributed by atoms with Crippen LogP contribution in [0.2, 0.25) is 0 Å². The number of hydrogen-bond acceptors (Lipinski definition) is 5. The van der Waals surface area contributed by atoms with E-state index in [9.17, 15) is 19.6 Å². The molecule has 2 aromatic heterocycles. The van der Waals surface area contributed by atoms with Crippen LogP contribution in [0.15, 0.2) is 18.2 Å². The van der Waals surface area contributed by atoms with Gasteiger partial charge in [-0.3, -0.25) is 9.89 Å². The number of carbonyl (C=O) groups is 1. The molecule has 0 atom stereocenters. The second-order valence-corrected chi connectivity index (χ2v) is 5.31. The predicted molar refractivity (Wildman–Crippen MR) is 85.0 cm³/mol. The summed E-state index contributed by atoms with van der Waals surface area (Å²) in [7, 11) is 0. The third-order valence-electron chi connectivity index (χ3n) is 3.87. The summed E-state index contributed by atoms with van der Waals surface area (Å²) in [5.74, 6) is -1.06. The lowest BCUT2D eigenvalue weighted by atomic mass is 9.98. The molecule has 3 rings (SSSR count). The molecule has 0 amide bonds. The SMILES string of the molecule is CCC(=O)c1[nH]nc2nc(-c3ccc(O)cc3F)c(C#N)c(C)c12. The Morgan fingerprint density at radius 2 is 2.21 bits per heavy atom. The lowest BCUT2D eigenvalue weighted by Crippen LogP contribution is -2.01. The van der Waals surface area contributed by atoms with E-state index in [1.807, 2.05) is 6.07 Å². The Morgan fingerprint density at radius 1 is 1.46 bits per heavy atom. The van der Waals surface area contributed by atoms with Gasteiger partial charge in [0.2, 0.25) is 0 Å². The third-order valence-corrected chi connectivity index (χ3v) is 3.87. The number of phenols is 1. The standard InChI is InChI=1S/C17H13FN4O2/c1-3-13(24)16-14-8(2)11(7-19)15(20-17(14)22-21-16)10-5-4-9(23)6-12(10)18/h4-6,23H,3H2,1-2H3,(H,20,21,22). The average molecular weight is 324 g/mol. The van der Waals surface area contributed by atoms with E-state index >= 15 is 0 Å². The van der Waals surface area contributed by atoms with Crippen LogP contribution in [0.3, 0.4) is 0 Å². The number of aromatic hydroxyl groups is 1. The fraction of sp³-hybridized carbons (Fsp3) is 0.176. The summed E-state index contributed by atoms with van der Waals surface area (Å²) >= 11 is 0. The van der Waals surface area contributed by atoms with Crippen LogP contribution >= 0.6 is 0 Å². The second-order valence-electron chi connectivity index (χ2n) is 5.31. The Morgan fingerprint density at radius 3 is 2.83 bits per heavy atom. The van der Waals surface area contributed by atoms with Crippen LogP contribution < -0.4 is 0 Å². The van der Waals surface area contributed by atoms with E-state index in [-0.39, 0.29) is 40.4 Å². The average Bonchev–Trinajstić information content (AvgIpc) is 2.98. The molecule has 0 unspecified atom stereocenters. The van der Waals surface area contributed by atoms with E-state index in [1.165, 1.54) is 12.1 Å². The summed E-state index contributed by atoms with van der Waals surface area (Å²) in [5.41, 5.74) is 1.43. The highest BCUT2D eigenvalue weighted by Crippen LogP contribution is 2.32. The van der Waals surface area contributed by atoms with Crippen molar-refractivity contribution in [2.45, 2.75) is 20.3 Å². The van der Waals surface area contributed by atoms with Crippen molar-refractivity contribution in [3.63, 3.8) is 0 Å². The van der Waals surface area contributed by atoms with Gasteiger partial charge in [-0.1, -0.05) is 6.92 Å². The molecule has 0 aliphatic heterocycles. The number of nitrogens with one attached hydrogen (secondary N) is 1. The molecule has 0 saturated carbocycles. The van der Waals surface area contributed by atoms with Crippen LogP contribution in [0.25, 0.3) is 22.3 Å². The van der Waals surface area contributed by atoms with Gasteiger partial charge in [0.25, 0.3) is 0 Å². The van der Waals surface area contributed by atoms with E-state index in [4.69, 9.17) is 0 Å². The maximum absolute atomic E-state index is 14.2. The van der Waals surface area contributed by atoms with Crippen LogP contribution in [0.4, 0.5) is 4.39 Å². The Hall–Kier alpha value is -3.27. The molecular weight excluding hydrogens is 311 g/mol. The minimum absolute atomic E-state index is 0.0840. The largest absolute Gasteiger partial charge is 0.508 e. The van der Waals surface area contributed by atoms with Gasteiger partial charge in [-0.15, -0.1) is 0 Å². The zero-order valence-corrected chi connectivity index (χ0v) is 13.0. The summed E-state index contributed by atoms with van der Waals surface area (Å²) in [6, 6.07) is 5.65. The molecule has 2 heterocycles. The first-order valence-corrected chi connectivity index (χ1v) is 7.28. The fourth-order valence-electron chi connectivity index (χ4n) is 2.64. The number of carbonyl (C=O) groups excluding carboxylic acids is 1. The highest BCUT2D eigenvalue weighted by Gasteiger charge is 2.22.